The van der Waals surface area contributed by atoms with Crippen LogP contribution in [0.1, 0.15) is 0 Å². The first-order valence-corrected chi connectivity index (χ1v) is 15.7. The zero-order chi connectivity index (χ0) is 29.0. The van der Waals surface area contributed by atoms with Crippen molar-refractivity contribution >= 4 is 75.0 Å². The first-order chi connectivity index (χ1) is 21.8. The number of pyridine rings is 1. The first-order valence-electron chi connectivity index (χ1n) is 14.9. The number of fused-ring (bicyclic) bond motifs is 10. The second-order valence-corrected chi connectivity index (χ2v) is 12.2. The summed E-state index contributed by atoms with van der Waals surface area (Å²) in [5.41, 5.74) is 6.94. The minimum atomic E-state index is 1.07. The summed E-state index contributed by atoms with van der Waals surface area (Å²) in [5, 5.41) is 8.53. The summed E-state index contributed by atoms with van der Waals surface area (Å²) >= 11 is 1.82. The molecule has 0 aliphatic carbocycles. The molecule has 0 amide bonds. The topological polar surface area (TPSA) is 17.8 Å². The third-order valence-electron chi connectivity index (χ3n) is 8.69. The smallest absolute Gasteiger partial charge is 0.0888 e. The lowest BCUT2D eigenvalue weighted by Gasteiger charge is -2.14. The molecular formula is C41H26N2S. The number of nitrogens with zero attached hydrogens (tertiary/aromatic N) is 2. The molecule has 44 heavy (non-hydrogen) atoms. The zero-order valence-corrected chi connectivity index (χ0v) is 24.6. The summed E-state index contributed by atoms with van der Waals surface area (Å²) in [7, 11) is 0. The van der Waals surface area contributed by atoms with E-state index in [4.69, 9.17) is 4.98 Å². The quantitative estimate of drug-likeness (QED) is 0.199. The van der Waals surface area contributed by atoms with Crippen LogP contribution in [0.25, 0.3) is 80.5 Å². The van der Waals surface area contributed by atoms with Crippen molar-refractivity contribution in [2.45, 2.75) is 0 Å². The highest BCUT2D eigenvalue weighted by Gasteiger charge is 2.14. The van der Waals surface area contributed by atoms with Gasteiger partial charge < -0.3 is 4.57 Å². The molecule has 9 aromatic rings. The van der Waals surface area contributed by atoms with Crippen molar-refractivity contribution in [1.29, 1.82) is 0 Å². The molecule has 0 unspecified atom stereocenters. The maximum absolute atomic E-state index is 4.73. The summed E-state index contributed by atoms with van der Waals surface area (Å²) < 4.78 is 4.91. The van der Waals surface area contributed by atoms with Crippen molar-refractivity contribution in [3.05, 3.63) is 158 Å². The van der Waals surface area contributed by atoms with Gasteiger partial charge in [-0.05, 0) is 75.1 Å². The van der Waals surface area contributed by atoms with Gasteiger partial charge in [0.1, 0.15) is 0 Å². The molecule has 0 atom stereocenters. The van der Waals surface area contributed by atoms with Crippen LogP contribution in [0, 0.1) is 0 Å². The standard InChI is InChI=1S/C41H26N2S/c1-2-12-28(13-3-1)43-37-21-9-8-18-34(37)32-16-6-4-14-30(32)31-15-5-7-17-33(31)36-26-27(23-24-38(36)43)29-19-10-20-35-40-39(44-41(29)35)22-11-25-42-40/h1-26H. The number of para-hydroxylation sites is 2. The number of rotatable bonds is 2. The largest absolute Gasteiger partial charge is 0.309 e. The highest BCUT2D eigenvalue weighted by molar-refractivity contribution is 7.26. The van der Waals surface area contributed by atoms with E-state index in [1.165, 1.54) is 58.2 Å². The van der Waals surface area contributed by atoms with Crippen LogP contribution in [0.15, 0.2) is 158 Å². The van der Waals surface area contributed by atoms with E-state index in [-0.39, 0.29) is 0 Å². The van der Waals surface area contributed by atoms with Crippen LogP contribution in [0.5, 0.6) is 0 Å². The molecule has 0 N–H and O–H groups in total. The average Bonchev–Trinajstić information content (AvgIpc) is 3.49. The summed E-state index contributed by atoms with van der Waals surface area (Å²) in [4.78, 5) is 4.73. The lowest BCUT2D eigenvalue weighted by molar-refractivity contribution is 1.17. The van der Waals surface area contributed by atoms with Gasteiger partial charge in [-0.1, -0.05) is 109 Å². The molecule has 0 saturated heterocycles. The molecule has 9 rings (SSSR count). The van der Waals surface area contributed by atoms with E-state index in [2.05, 4.69) is 150 Å². The summed E-state index contributed by atoms with van der Waals surface area (Å²) in [5.74, 6) is 0. The van der Waals surface area contributed by atoms with Crippen LogP contribution in [-0.2, 0) is 0 Å². The monoisotopic (exact) mass is 578 g/mol. The Bertz CT molecular complexity index is 2610. The molecule has 3 heterocycles. The van der Waals surface area contributed by atoms with Crippen LogP contribution in [0.2, 0.25) is 0 Å². The van der Waals surface area contributed by atoms with Gasteiger partial charge in [0.05, 0.1) is 21.3 Å². The summed E-state index contributed by atoms with van der Waals surface area (Å²) in [6, 6.07) is 55.0. The predicted molar refractivity (Wildman–Crippen MR) is 190 cm³/mol. The van der Waals surface area contributed by atoms with Crippen LogP contribution < -0.4 is 0 Å². The van der Waals surface area contributed by atoms with E-state index in [1.54, 1.807) is 0 Å². The maximum atomic E-state index is 4.73. The fourth-order valence-electron chi connectivity index (χ4n) is 6.75. The molecule has 6 aromatic carbocycles. The van der Waals surface area contributed by atoms with Crippen LogP contribution >= 0.6 is 11.3 Å². The molecule has 0 radical (unpaired) electrons. The normalized spacial score (nSPS) is 11.6. The lowest BCUT2D eigenvalue weighted by Crippen LogP contribution is -1.97. The van der Waals surface area contributed by atoms with Crippen molar-refractivity contribution in [3.8, 4) is 16.8 Å². The Labute approximate surface area is 258 Å². The summed E-state index contributed by atoms with van der Waals surface area (Å²) in [6.45, 7) is 0. The van der Waals surface area contributed by atoms with Crippen molar-refractivity contribution in [3.63, 3.8) is 0 Å². The van der Waals surface area contributed by atoms with Crippen molar-refractivity contribution in [1.82, 2.24) is 9.55 Å². The molecule has 0 bridgehead atoms. The van der Waals surface area contributed by atoms with Crippen LogP contribution in [0.4, 0.5) is 0 Å². The highest BCUT2D eigenvalue weighted by atomic mass is 32.1. The lowest BCUT2D eigenvalue weighted by atomic mass is 9.98. The van der Waals surface area contributed by atoms with Gasteiger partial charge in [-0.2, -0.15) is 0 Å². The molecule has 3 aromatic heterocycles. The average molecular weight is 579 g/mol. The highest BCUT2D eigenvalue weighted by Crippen LogP contribution is 2.41. The van der Waals surface area contributed by atoms with E-state index >= 15 is 0 Å². The van der Waals surface area contributed by atoms with Crippen LogP contribution in [0.3, 0.4) is 0 Å². The zero-order valence-electron chi connectivity index (χ0n) is 23.8. The Hall–Kier alpha value is -5.51. The fourth-order valence-corrected chi connectivity index (χ4v) is 7.94. The van der Waals surface area contributed by atoms with Gasteiger partial charge in [0.15, 0.2) is 0 Å². The van der Waals surface area contributed by atoms with Crippen molar-refractivity contribution in [2.75, 3.05) is 0 Å². The number of hydrogen-bond donors (Lipinski definition) is 0. The molecule has 206 valence electrons. The fraction of sp³-hybridized carbons (Fsp3) is 0. The van der Waals surface area contributed by atoms with E-state index in [1.807, 2.05) is 23.6 Å². The second kappa shape index (κ2) is 10.0. The number of aromatic nitrogens is 2. The van der Waals surface area contributed by atoms with Gasteiger partial charge in [-0.15, -0.1) is 11.3 Å². The first kappa shape index (κ1) is 25.0. The molecule has 0 aliphatic rings. The number of hydrogen-bond acceptors (Lipinski definition) is 2. The van der Waals surface area contributed by atoms with Gasteiger partial charge >= 0.3 is 0 Å². The summed E-state index contributed by atoms with van der Waals surface area (Å²) in [6.07, 6.45) is 1.89. The van der Waals surface area contributed by atoms with Gasteiger partial charge in [0.2, 0.25) is 0 Å². The maximum Gasteiger partial charge on any atom is 0.0888 e. The molecule has 0 aliphatic heterocycles. The number of benzene rings is 6. The minimum Gasteiger partial charge on any atom is -0.309 e. The minimum absolute atomic E-state index is 1.07. The van der Waals surface area contributed by atoms with E-state index in [9.17, 15) is 0 Å². The van der Waals surface area contributed by atoms with Crippen LogP contribution in [-0.4, -0.2) is 9.55 Å². The van der Waals surface area contributed by atoms with E-state index in [0.29, 0.717) is 0 Å². The Morgan fingerprint density at radius 2 is 1.07 bits per heavy atom. The van der Waals surface area contributed by atoms with Crippen molar-refractivity contribution < 1.29 is 0 Å². The Kier molecular flexibility index (Phi) is 5.71. The third kappa shape index (κ3) is 3.83. The van der Waals surface area contributed by atoms with Gasteiger partial charge in [0, 0.05) is 32.7 Å². The molecule has 3 heteroatoms. The Morgan fingerprint density at radius 1 is 0.455 bits per heavy atom. The molecular weight excluding hydrogens is 553 g/mol. The second-order valence-electron chi connectivity index (χ2n) is 11.1. The van der Waals surface area contributed by atoms with Gasteiger partial charge in [-0.25, -0.2) is 0 Å². The van der Waals surface area contributed by atoms with E-state index < -0.39 is 0 Å². The van der Waals surface area contributed by atoms with Crippen molar-refractivity contribution in [2.24, 2.45) is 0 Å². The van der Waals surface area contributed by atoms with Gasteiger partial charge in [-0.3, -0.25) is 4.98 Å². The Morgan fingerprint density at radius 3 is 1.84 bits per heavy atom. The van der Waals surface area contributed by atoms with E-state index in [0.717, 1.165) is 22.2 Å². The van der Waals surface area contributed by atoms with Gasteiger partial charge in [0.25, 0.3) is 0 Å². The SMILES string of the molecule is c1ccc(-n2c3ccccc3c3ccccc3c3ccccc3c3cc(-c4cccc5c4sc4cccnc45)ccc32)cc1. The predicted octanol–water partition coefficient (Wildman–Crippen LogP) is 11.6. The molecule has 0 saturated carbocycles. The molecule has 0 spiro atoms. The third-order valence-corrected chi connectivity index (χ3v) is 9.88. The molecule has 0 fully saturated rings. The Balaban J connectivity index is 1.53. The molecule has 2 nitrogen and oxygen atoms in total. The number of thiophene rings is 1.